The number of allylic oxidation sites excluding steroid dienone is 1. The average molecular weight is 326 g/mol. The predicted molar refractivity (Wildman–Crippen MR) is 90.9 cm³/mol. The van der Waals surface area contributed by atoms with Gasteiger partial charge >= 0.3 is 0 Å². The van der Waals surface area contributed by atoms with E-state index in [9.17, 15) is 14.7 Å². The summed E-state index contributed by atoms with van der Waals surface area (Å²) in [4.78, 5) is 24.5. The number of Topliss-reactive ketones (excluding diaryl/α,β-unsaturated/α-hetero) is 1. The van der Waals surface area contributed by atoms with Gasteiger partial charge in [0.05, 0.1) is 0 Å². The van der Waals surface area contributed by atoms with Crippen LogP contribution in [0.25, 0.3) is 0 Å². The first kappa shape index (κ1) is 16.1. The number of rotatable bonds is 1. The van der Waals surface area contributed by atoms with Gasteiger partial charge in [-0.1, -0.05) is 12.8 Å². The zero-order valence-electron chi connectivity index (χ0n) is 14.4. The van der Waals surface area contributed by atoms with E-state index < -0.39 is 5.60 Å². The molecule has 0 radical (unpaired) electrons. The maximum absolute atomic E-state index is 12.7. The first-order valence-corrected chi connectivity index (χ1v) is 9.43. The van der Waals surface area contributed by atoms with Crippen molar-refractivity contribution < 1.29 is 14.7 Å². The summed E-state index contributed by atoms with van der Waals surface area (Å²) in [6.45, 7) is 2.14. The number of fused-ring (bicyclic) bond motifs is 5. The number of carbonyl (C=O) groups excluding carboxylic acids is 2. The lowest BCUT2D eigenvalue weighted by molar-refractivity contribution is -0.132. The Bertz CT molecular complexity index is 669. The van der Waals surface area contributed by atoms with Gasteiger partial charge in [0.15, 0.2) is 11.6 Å². The second kappa shape index (κ2) is 5.30. The van der Waals surface area contributed by atoms with E-state index in [0.717, 1.165) is 37.7 Å². The van der Waals surface area contributed by atoms with E-state index in [0.29, 0.717) is 37.0 Å². The van der Waals surface area contributed by atoms with Crippen LogP contribution in [0.15, 0.2) is 11.6 Å². The number of aliphatic hydroxyl groups is 1. The highest BCUT2D eigenvalue weighted by Gasteiger charge is 2.64. The van der Waals surface area contributed by atoms with Gasteiger partial charge in [-0.15, -0.1) is 6.42 Å². The maximum atomic E-state index is 12.7. The highest BCUT2D eigenvalue weighted by atomic mass is 16.3. The molecule has 0 bridgehead atoms. The minimum absolute atomic E-state index is 0.106. The lowest BCUT2D eigenvalue weighted by Crippen LogP contribution is -2.54. The van der Waals surface area contributed by atoms with Gasteiger partial charge in [-0.2, -0.15) is 0 Å². The third-order valence-corrected chi connectivity index (χ3v) is 7.89. The highest BCUT2D eigenvalue weighted by Crippen LogP contribution is 2.65. The van der Waals surface area contributed by atoms with Gasteiger partial charge in [0.1, 0.15) is 5.60 Å². The van der Waals surface area contributed by atoms with Crippen molar-refractivity contribution in [2.45, 2.75) is 63.9 Å². The van der Waals surface area contributed by atoms with Crippen LogP contribution in [0.2, 0.25) is 0 Å². The van der Waals surface area contributed by atoms with Crippen molar-refractivity contribution in [3.05, 3.63) is 11.6 Å². The number of hydrogen-bond donors (Lipinski definition) is 1. The molecule has 3 saturated carbocycles. The molecule has 24 heavy (non-hydrogen) atoms. The molecule has 0 spiro atoms. The Balaban J connectivity index is 1.72. The maximum Gasteiger partial charge on any atom is 0.159 e. The lowest BCUT2D eigenvalue weighted by atomic mass is 9.49. The van der Waals surface area contributed by atoms with Crippen LogP contribution in [-0.2, 0) is 9.59 Å². The van der Waals surface area contributed by atoms with Crippen molar-refractivity contribution >= 4 is 11.6 Å². The SMILES string of the molecule is C#C[C@@]1(O)CC[C@@H]2[C@@H]3CC(=O)C4=CC(=O)CC[C@@H]4[C@@H]3CC[C@@]21CC. The smallest absolute Gasteiger partial charge is 0.159 e. The van der Waals surface area contributed by atoms with E-state index in [1.807, 2.05) is 0 Å². The molecule has 4 rings (SSSR count). The molecule has 0 aromatic heterocycles. The van der Waals surface area contributed by atoms with Crippen LogP contribution in [-0.4, -0.2) is 22.3 Å². The molecule has 4 aliphatic carbocycles. The van der Waals surface area contributed by atoms with Gasteiger partial charge in [-0.25, -0.2) is 0 Å². The second-order valence-electron chi connectivity index (χ2n) is 8.36. The molecule has 0 amide bonds. The van der Waals surface area contributed by atoms with Crippen LogP contribution in [0.1, 0.15) is 58.3 Å². The van der Waals surface area contributed by atoms with Crippen LogP contribution in [0.3, 0.4) is 0 Å². The summed E-state index contributed by atoms with van der Waals surface area (Å²) in [5, 5.41) is 11.1. The normalized spacial score (nSPS) is 47.3. The Hall–Kier alpha value is -1.40. The topological polar surface area (TPSA) is 54.4 Å². The van der Waals surface area contributed by atoms with Crippen LogP contribution >= 0.6 is 0 Å². The monoisotopic (exact) mass is 326 g/mol. The van der Waals surface area contributed by atoms with Crippen molar-refractivity contribution in [3.8, 4) is 12.3 Å². The van der Waals surface area contributed by atoms with E-state index in [1.165, 1.54) is 0 Å². The fourth-order valence-corrected chi connectivity index (χ4v) is 6.76. The van der Waals surface area contributed by atoms with Gasteiger partial charge < -0.3 is 5.11 Å². The molecule has 3 heteroatoms. The van der Waals surface area contributed by atoms with Gasteiger partial charge in [-0.3, -0.25) is 9.59 Å². The van der Waals surface area contributed by atoms with Crippen LogP contribution in [0, 0.1) is 41.4 Å². The second-order valence-corrected chi connectivity index (χ2v) is 8.36. The molecule has 3 nitrogen and oxygen atoms in total. The standard InChI is InChI=1S/C21H26O3/c1-3-20-9-7-15-14-6-5-13(22)11-17(14)19(23)12-16(15)18(20)8-10-21(20,24)4-2/h2,11,14-16,18,24H,3,5-10,12H2,1H3/t14-,15+,16-,18-,20+,21-/m1/s1. The summed E-state index contributed by atoms with van der Waals surface area (Å²) < 4.78 is 0. The lowest BCUT2D eigenvalue weighted by Gasteiger charge is -2.55. The molecule has 0 aliphatic heterocycles. The van der Waals surface area contributed by atoms with Crippen LogP contribution in [0.4, 0.5) is 0 Å². The van der Waals surface area contributed by atoms with E-state index in [2.05, 4.69) is 12.8 Å². The van der Waals surface area contributed by atoms with Gasteiger partial charge in [0, 0.05) is 23.8 Å². The van der Waals surface area contributed by atoms with Crippen molar-refractivity contribution in [3.63, 3.8) is 0 Å². The molecule has 0 aromatic rings. The van der Waals surface area contributed by atoms with Crippen LogP contribution < -0.4 is 0 Å². The van der Waals surface area contributed by atoms with Crippen molar-refractivity contribution in [1.29, 1.82) is 0 Å². The molecule has 0 unspecified atom stereocenters. The van der Waals surface area contributed by atoms with E-state index in [-0.39, 0.29) is 22.9 Å². The number of hydrogen-bond acceptors (Lipinski definition) is 3. The summed E-state index contributed by atoms with van der Waals surface area (Å²) in [6, 6.07) is 0. The Labute approximate surface area is 143 Å². The van der Waals surface area contributed by atoms with Gasteiger partial charge in [0.2, 0.25) is 0 Å². The van der Waals surface area contributed by atoms with E-state index in [1.54, 1.807) is 6.08 Å². The molecule has 0 aromatic carbocycles. The summed E-state index contributed by atoms with van der Waals surface area (Å²) >= 11 is 0. The number of carbonyl (C=O) groups is 2. The van der Waals surface area contributed by atoms with Crippen molar-refractivity contribution in [1.82, 2.24) is 0 Å². The molecule has 1 N–H and O–H groups in total. The Morgan fingerprint density at radius 3 is 2.75 bits per heavy atom. The molecule has 128 valence electrons. The molecular formula is C21H26O3. The first-order valence-electron chi connectivity index (χ1n) is 9.43. The first-order chi connectivity index (χ1) is 11.5. The quantitative estimate of drug-likeness (QED) is 0.754. The fraction of sp³-hybridized carbons (Fsp3) is 0.714. The van der Waals surface area contributed by atoms with Gasteiger partial charge in [0.25, 0.3) is 0 Å². The third kappa shape index (κ3) is 1.90. The highest BCUT2D eigenvalue weighted by molar-refractivity contribution is 6.05. The zero-order chi connectivity index (χ0) is 17.1. The molecule has 0 saturated heterocycles. The summed E-state index contributed by atoms with van der Waals surface area (Å²) in [6.07, 6.45) is 13.7. The minimum Gasteiger partial charge on any atom is -0.377 e. The van der Waals surface area contributed by atoms with Crippen molar-refractivity contribution in [2.75, 3.05) is 0 Å². The third-order valence-electron chi connectivity index (χ3n) is 7.89. The fourth-order valence-electron chi connectivity index (χ4n) is 6.76. The summed E-state index contributed by atoms with van der Waals surface area (Å²) in [5.74, 6) is 4.38. The molecule has 4 aliphatic rings. The van der Waals surface area contributed by atoms with Crippen LogP contribution in [0.5, 0.6) is 0 Å². The largest absolute Gasteiger partial charge is 0.377 e. The van der Waals surface area contributed by atoms with E-state index >= 15 is 0 Å². The Morgan fingerprint density at radius 2 is 2.04 bits per heavy atom. The number of ketones is 2. The number of terminal acetylenes is 1. The molecular weight excluding hydrogens is 300 g/mol. The van der Waals surface area contributed by atoms with Crippen molar-refractivity contribution in [2.24, 2.45) is 29.1 Å². The summed E-state index contributed by atoms with van der Waals surface area (Å²) in [5.41, 5.74) is -0.449. The average Bonchev–Trinajstić information content (AvgIpc) is 2.89. The Morgan fingerprint density at radius 1 is 1.25 bits per heavy atom. The summed E-state index contributed by atoms with van der Waals surface area (Å²) in [7, 11) is 0. The minimum atomic E-state index is -1.01. The Kier molecular flexibility index (Phi) is 3.55. The van der Waals surface area contributed by atoms with Gasteiger partial charge in [-0.05, 0) is 68.3 Å². The zero-order valence-corrected chi connectivity index (χ0v) is 14.4. The molecule has 3 fully saturated rings. The molecule has 6 atom stereocenters. The molecule has 0 heterocycles. The predicted octanol–water partition coefficient (Wildman–Crippen LogP) is 3.06. The van der Waals surface area contributed by atoms with E-state index in [4.69, 9.17) is 6.42 Å².